The summed E-state index contributed by atoms with van der Waals surface area (Å²) < 4.78 is 1.24. The Bertz CT molecular complexity index is 447. The molecular weight excluding hydrogens is 324 g/mol. The molecule has 3 heteroatoms. The maximum absolute atomic E-state index is 3.79. The molecule has 118 valence electrons. The summed E-state index contributed by atoms with van der Waals surface area (Å²) in [5.74, 6) is 0.857. The lowest BCUT2D eigenvalue weighted by Gasteiger charge is -2.35. The van der Waals surface area contributed by atoms with Crippen molar-refractivity contribution in [3.63, 3.8) is 0 Å². The third-order valence-corrected chi connectivity index (χ3v) is 5.24. The van der Waals surface area contributed by atoms with Crippen LogP contribution in [-0.2, 0) is 0 Å². The lowest BCUT2D eigenvalue weighted by molar-refractivity contribution is 0.404. The monoisotopic (exact) mass is 352 g/mol. The van der Waals surface area contributed by atoms with E-state index in [9.17, 15) is 0 Å². The number of hydrogen-bond donors (Lipinski definition) is 1. The minimum Gasteiger partial charge on any atom is -0.370 e. The van der Waals surface area contributed by atoms with Crippen molar-refractivity contribution in [1.82, 2.24) is 5.32 Å². The average Bonchev–Trinajstić information content (AvgIpc) is 2.52. The maximum atomic E-state index is 3.79. The Morgan fingerprint density at radius 1 is 1.38 bits per heavy atom. The highest BCUT2D eigenvalue weighted by molar-refractivity contribution is 9.10. The Hall–Kier alpha value is -0.540. The largest absolute Gasteiger partial charge is 0.370 e. The summed E-state index contributed by atoms with van der Waals surface area (Å²) in [5, 5.41) is 3.56. The van der Waals surface area contributed by atoms with E-state index in [0.717, 1.165) is 12.5 Å². The Balaban J connectivity index is 2.08. The molecule has 2 atom stereocenters. The predicted molar refractivity (Wildman–Crippen MR) is 96.1 cm³/mol. The summed E-state index contributed by atoms with van der Waals surface area (Å²) in [6.07, 6.45) is 5.18. The number of benzene rings is 1. The van der Waals surface area contributed by atoms with Gasteiger partial charge in [0.25, 0.3) is 0 Å². The Morgan fingerprint density at radius 3 is 2.86 bits per heavy atom. The van der Waals surface area contributed by atoms with E-state index in [1.54, 1.807) is 0 Å². The van der Waals surface area contributed by atoms with Crippen molar-refractivity contribution in [2.24, 2.45) is 5.92 Å². The van der Waals surface area contributed by atoms with Crippen molar-refractivity contribution >= 4 is 21.6 Å². The highest BCUT2D eigenvalue weighted by atomic mass is 79.9. The van der Waals surface area contributed by atoms with Gasteiger partial charge in [-0.25, -0.2) is 0 Å². The van der Waals surface area contributed by atoms with Crippen LogP contribution in [0, 0.1) is 5.92 Å². The van der Waals surface area contributed by atoms with E-state index < -0.39 is 0 Å². The maximum Gasteiger partial charge on any atom is 0.0510 e. The molecule has 0 amide bonds. The van der Waals surface area contributed by atoms with E-state index >= 15 is 0 Å². The molecule has 2 rings (SSSR count). The van der Waals surface area contributed by atoms with Crippen LogP contribution in [0.3, 0.4) is 0 Å². The lowest BCUT2D eigenvalue weighted by Crippen LogP contribution is -2.35. The molecule has 1 heterocycles. The number of piperidine rings is 1. The lowest BCUT2D eigenvalue weighted by atomic mass is 9.95. The normalized spacial score (nSPS) is 20.6. The van der Waals surface area contributed by atoms with Gasteiger partial charge in [-0.15, -0.1) is 0 Å². The number of hydrogen-bond acceptors (Lipinski definition) is 2. The standard InChI is InChI=1S/C18H29BrN2/c1-4-10-20-14(3)16-8-9-18(17(19)12-16)21-11-6-7-15(5-2)13-21/h8-9,12,14-15,20H,4-7,10-11,13H2,1-3H3. The molecule has 1 aromatic rings. The first kappa shape index (κ1) is 16.8. The molecule has 0 bridgehead atoms. The van der Waals surface area contributed by atoms with Gasteiger partial charge in [-0.05, 0) is 72.3 Å². The Kier molecular flexibility index (Phi) is 6.56. The van der Waals surface area contributed by atoms with Gasteiger partial charge >= 0.3 is 0 Å². The molecule has 0 aliphatic carbocycles. The van der Waals surface area contributed by atoms with Crippen LogP contribution in [-0.4, -0.2) is 19.6 Å². The van der Waals surface area contributed by atoms with Crippen LogP contribution in [0.25, 0.3) is 0 Å². The molecule has 0 saturated carbocycles. The third kappa shape index (κ3) is 4.46. The van der Waals surface area contributed by atoms with Gasteiger partial charge in [0.1, 0.15) is 0 Å². The zero-order valence-corrected chi connectivity index (χ0v) is 15.2. The first-order valence-electron chi connectivity index (χ1n) is 8.43. The second-order valence-corrected chi connectivity index (χ2v) is 7.10. The van der Waals surface area contributed by atoms with Gasteiger partial charge < -0.3 is 10.2 Å². The number of rotatable bonds is 6. The van der Waals surface area contributed by atoms with Crippen molar-refractivity contribution in [3.05, 3.63) is 28.2 Å². The van der Waals surface area contributed by atoms with E-state index in [2.05, 4.69) is 65.1 Å². The number of anilines is 1. The molecule has 1 N–H and O–H groups in total. The molecule has 2 nitrogen and oxygen atoms in total. The van der Waals surface area contributed by atoms with Gasteiger partial charge in [0, 0.05) is 23.6 Å². The van der Waals surface area contributed by atoms with Crippen molar-refractivity contribution < 1.29 is 0 Å². The first-order valence-corrected chi connectivity index (χ1v) is 9.22. The second-order valence-electron chi connectivity index (χ2n) is 6.25. The molecule has 21 heavy (non-hydrogen) atoms. The summed E-state index contributed by atoms with van der Waals surface area (Å²) in [6.45, 7) is 10.2. The SMILES string of the molecule is CCCNC(C)c1ccc(N2CCCC(CC)C2)c(Br)c1. The summed E-state index contributed by atoms with van der Waals surface area (Å²) in [4.78, 5) is 2.55. The van der Waals surface area contributed by atoms with Crippen molar-refractivity contribution in [1.29, 1.82) is 0 Å². The van der Waals surface area contributed by atoms with E-state index in [4.69, 9.17) is 0 Å². The van der Waals surface area contributed by atoms with Crippen LogP contribution < -0.4 is 10.2 Å². The highest BCUT2D eigenvalue weighted by Crippen LogP contribution is 2.32. The molecule has 1 aliphatic rings. The Labute approximate surface area is 138 Å². The van der Waals surface area contributed by atoms with E-state index in [0.29, 0.717) is 6.04 Å². The number of nitrogens with zero attached hydrogens (tertiary/aromatic N) is 1. The summed E-state index contributed by atoms with van der Waals surface area (Å²) >= 11 is 3.79. The fourth-order valence-corrected chi connectivity index (χ4v) is 3.79. The zero-order chi connectivity index (χ0) is 15.2. The summed E-state index contributed by atoms with van der Waals surface area (Å²) in [7, 11) is 0. The smallest absolute Gasteiger partial charge is 0.0510 e. The minimum absolute atomic E-state index is 0.417. The molecule has 1 aliphatic heterocycles. The quantitative estimate of drug-likeness (QED) is 0.762. The fraction of sp³-hybridized carbons (Fsp3) is 0.667. The van der Waals surface area contributed by atoms with Gasteiger partial charge in [0.05, 0.1) is 5.69 Å². The van der Waals surface area contributed by atoms with Gasteiger partial charge in [0.2, 0.25) is 0 Å². The molecular formula is C18H29BrN2. The highest BCUT2D eigenvalue weighted by Gasteiger charge is 2.20. The minimum atomic E-state index is 0.417. The van der Waals surface area contributed by atoms with Gasteiger partial charge in [-0.2, -0.15) is 0 Å². The molecule has 0 aromatic heterocycles. The molecule has 1 aromatic carbocycles. The van der Waals surface area contributed by atoms with Crippen LogP contribution in [0.5, 0.6) is 0 Å². The fourth-order valence-electron chi connectivity index (χ4n) is 3.14. The Morgan fingerprint density at radius 2 is 2.19 bits per heavy atom. The van der Waals surface area contributed by atoms with Crippen LogP contribution in [0.2, 0.25) is 0 Å². The van der Waals surface area contributed by atoms with E-state index in [-0.39, 0.29) is 0 Å². The molecule has 0 spiro atoms. The van der Waals surface area contributed by atoms with E-state index in [1.807, 2.05) is 0 Å². The topological polar surface area (TPSA) is 15.3 Å². The second kappa shape index (κ2) is 8.19. The third-order valence-electron chi connectivity index (χ3n) is 4.61. The van der Waals surface area contributed by atoms with Crippen molar-refractivity contribution in [2.45, 2.75) is 52.5 Å². The van der Waals surface area contributed by atoms with Crippen LogP contribution in [0.1, 0.15) is 58.1 Å². The van der Waals surface area contributed by atoms with Gasteiger partial charge in [-0.3, -0.25) is 0 Å². The summed E-state index contributed by atoms with van der Waals surface area (Å²) in [5.41, 5.74) is 2.72. The van der Waals surface area contributed by atoms with Gasteiger partial charge in [-0.1, -0.05) is 26.3 Å². The molecule has 0 radical (unpaired) electrons. The average molecular weight is 353 g/mol. The molecule has 2 unspecified atom stereocenters. The van der Waals surface area contributed by atoms with Crippen molar-refractivity contribution in [3.8, 4) is 0 Å². The zero-order valence-electron chi connectivity index (χ0n) is 13.7. The summed E-state index contributed by atoms with van der Waals surface area (Å²) in [6, 6.07) is 7.28. The number of halogens is 1. The first-order chi connectivity index (χ1) is 10.2. The van der Waals surface area contributed by atoms with Crippen LogP contribution in [0.15, 0.2) is 22.7 Å². The van der Waals surface area contributed by atoms with Crippen molar-refractivity contribution in [2.75, 3.05) is 24.5 Å². The van der Waals surface area contributed by atoms with E-state index in [1.165, 1.54) is 54.5 Å². The molecule has 1 fully saturated rings. The van der Waals surface area contributed by atoms with Gasteiger partial charge in [0.15, 0.2) is 0 Å². The predicted octanol–water partition coefficient (Wildman–Crippen LogP) is 5.14. The van der Waals surface area contributed by atoms with Crippen LogP contribution >= 0.6 is 15.9 Å². The van der Waals surface area contributed by atoms with Crippen LogP contribution in [0.4, 0.5) is 5.69 Å². The number of nitrogens with one attached hydrogen (secondary N) is 1. The molecule has 1 saturated heterocycles.